The van der Waals surface area contributed by atoms with Gasteiger partial charge in [0, 0.05) is 51.5 Å². The number of nitrogens with zero attached hydrogens (tertiary/aromatic N) is 5. The molecule has 0 aliphatic heterocycles. The first-order valence-electron chi connectivity index (χ1n) is 12.0. The molecule has 0 aromatic carbocycles. The van der Waals surface area contributed by atoms with E-state index in [9.17, 15) is 4.79 Å². The van der Waals surface area contributed by atoms with Crippen molar-refractivity contribution in [1.29, 1.82) is 0 Å². The minimum absolute atomic E-state index is 0.0322. The smallest absolute Gasteiger partial charge is 0.224 e. The number of rotatable bonds is 6. The molecule has 184 valence electrons. The number of carbonyl (C=O) groups is 1. The number of anilines is 1. The van der Waals surface area contributed by atoms with Gasteiger partial charge in [-0.15, -0.1) is 11.3 Å². The minimum Gasteiger partial charge on any atom is -0.325 e. The van der Waals surface area contributed by atoms with Gasteiger partial charge in [0.05, 0.1) is 17.3 Å². The van der Waals surface area contributed by atoms with E-state index in [0.717, 1.165) is 32.5 Å². The molecular formula is C27H24N8OS. The average molecular weight is 509 g/mol. The van der Waals surface area contributed by atoms with Crippen molar-refractivity contribution in [2.45, 2.75) is 27.2 Å². The van der Waals surface area contributed by atoms with Crippen LogP contribution in [-0.4, -0.2) is 41.0 Å². The van der Waals surface area contributed by atoms with Gasteiger partial charge in [0.2, 0.25) is 5.91 Å². The first-order valence-corrected chi connectivity index (χ1v) is 12.8. The Morgan fingerprint density at radius 2 is 1.92 bits per heavy atom. The van der Waals surface area contributed by atoms with Crippen molar-refractivity contribution in [3.05, 3.63) is 60.0 Å². The highest BCUT2D eigenvalue weighted by Gasteiger charge is 2.18. The number of hydrogen-bond acceptors (Lipinski definition) is 7. The van der Waals surface area contributed by atoms with Crippen LogP contribution in [0.5, 0.6) is 0 Å². The first kappa shape index (κ1) is 23.0. The normalized spacial score (nSPS) is 11.6. The number of H-pyrrole nitrogens is 2. The summed E-state index contributed by atoms with van der Waals surface area (Å²) < 4.78 is 0. The number of thiophene rings is 1. The van der Waals surface area contributed by atoms with Gasteiger partial charge < -0.3 is 10.3 Å². The second kappa shape index (κ2) is 9.21. The molecule has 0 aliphatic carbocycles. The number of hydrogen-bond donors (Lipinski definition) is 3. The largest absolute Gasteiger partial charge is 0.325 e. The fourth-order valence-electron chi connectivity index (χ4n) is 4.29. The zero-order chi connectivity index (χ0) is 25.5. The molecule has 10 heteroatoms. The van der Waals surface area contributed by atoms with Crippen LogP contribution in [0.1, 0.15) is 25.1 Å². The van der Waals surface area contributed by atoms with Crippen molar-refractivity contribution in [2.75, 3.05) is 5.32 Å². The van der Waals surface area contributed by atoms with Gasteiger partial charge in [-0.3, -0.25) is 14.9 Å². The molecule has 1 amide bonds. The highest BCUT2D eigenvalue weighted by Crippen LogP contribution is 2.34. The maximum atomic E-state index is 12.2. The maximum Gasteiger partial charge on any atom is 0.224 e. The van der Waals surface area contributed by atoms with Gasteiger partial charge in [-0.25, -0.2) is 15.0 Å². The summed E-state index contributed by atoms with van der Waals surface area (Å²) >= 11 is 1.73. The van der Waals surface area contributed by atoms with Gasteiger partial charge in [-0.05, 0) is 43.2 Å². The Hall–Kier alpha value is -4.44. The second-order valence-corrected chi connectivity index (χ2v) is 10.6. The number of aryl methyl sites for hydroxylation is 1. The number of imidazole rings is 1. The highest BCUT2D eigenvalue weighted by atomic mass is 32.1. The topological polar surface area (TPSA) is 125 Å². The molecule has 6 aromatic rings. The van der Waals surface area contributed by atoms with Crippen LogP contribution < -0.4 is 5.32 Å². The van der Waals surface area contributed by atoms with Crippen LogP contribution in [0.15, 0.2) is 55.1 Å². The van der Waals surface area contributed by atoms with Crippen molar-refractivity contribution in [2.24, 2.45) is 5.92 Å². The lowest BCUT2D eigenvalue weighted by Crippen LogP contribution is -2.13. The third-order valence-electron chi connectivity index (χ3n) is 5.98. The predicted molar refractivity (Wildman–Crippen MR) is 146 cm³/mol. The lowest BCUT2D eigenvalue weighted by Gasteiger charge is -2.08. The second-order valence-electron chi connectivity index (χ2n) is 9.35. The van der Waals surface area contributed by atoms with Crippen LogP contribution in [-0.2, 0) is 4.79 Å². The average Bonchev–Trinajstić information content (AvgIpc) is 3.60. The standard InChI is InChI=1S/C27H24N8OS/c1-14(2)8-22(36)31-18-9-16(11-28-13-18)17-10-20-24(34-35-25(20)30-12-17)27-32-23-19(6-7-29-26(23)33-27)21-5-4-15(3)37-21/h4-7,9-14H,8H2,1-3H3,(H,31,36)(H,29,32,33)(H,30,34,35). The molecule has 6 aromatic heterocycles. The molecule has 6 heterocycles. The Labute approximate surface area is 216 Å². The Morgan fingerprint density at radius 1 is 1.05 bits per heavy atom. The van der Waals surface area contributed by atoms with Crippen LogP contribution >= 0.6 is 11.3 Å². The number of aromatic amines is 2. The van der Waals surface area contributed by atoms with E-state index < -0.39 is 0 Å². The fourth-order valence-corrected chi connectivity index (χ4v) is 5.19. The molecule has 0 spiro atoms. The number of carbonyl (C=O) groups excluding carboxylic acids is 1. The number of aromatic nitrogens is 7. The van der Waals surface area contributed by atoms with Crippen molar-refractivity contribution in [3.8, 4) is 33.1 Å². The number of fused-ring (bicyclic) bond motifs is 2. The zero-order valence-electron chi connectivity index (χ0n) is 20.5. The van der Waals surface area contributed by atoms with Crippen molar-refractivity contribution >= 4 is 45.1 Å². The lowest BCUT2D eigenvalue weighted by atomic mass is 10.1. The molecule has 0 atom stereocenters. The molecule has 37 heavy (non-hydrogen) atoms. The molecular weight excluding hydrogens is 484 g/mol. The van der Waals surface area contributed by atoms with Crippen LogP contribution in [0.2, 0.25) is 0 Å². The maximum absolute atomic E-state index is 12.2. The van der Waals surface area contributed by atoms with Crippen LogP contribution in [0.4, 0.5) is 5.69 Å². The summed E-state index contributed by atoms with van der Waals surface area (Å²) in [7, 11) is 0. The van der Waals surface area contributed by atoms with Gasteiger partial charge in [0.25, 0.3) is 0 Å². The molecule has 0 unspecified atom stereocenters. The van der Waals surface area contributed by atoms with E-state index in [1.807, 2.05) is 32.0 Å². The fraction of sp³-hybridized carbons (Fsp3) is 0.185. The van der Waals surface area contributed by atoms with E-state index in [1.165, 1.54) is 4.88 Å². The van der Waals surface area contributed by atoms with Gasteiger partial charge in [0.15, 0.2) is 17.1 Å². The molecule has 0 saturated heterocycles. The minimum atomic E-state index is -0.0322. The third kappa shape index (κ3) is 4.47. The summed E-state index contributed by atoms with van der Waals surface area (Å²) in [4.78, 5) is 36.2. The summed E-state index contributed by atoms with van der Waals surface area (Å²) in [5.74, 6) is 0.859. The predicted octanol–water partition coefficient (Wildman–Crippen LogP) is 5.98. The summed E-state index contributed by atoms with van der Waals surface area (Å²) in [5.41, 5.74) is 6.18. The van der Waals surface area contributed by atoms with E-state index in [-0.39, 0.29) is 11.8 Å². The Morgan fingerprint density at radius 3 is 2.73 bits per heavy atom. The third-order valence-corrected chi connectivity index (χ3v) is 7.01. The lowest BCUT2D eigenvalue weighted by molar-refractivity contribution is -0.116. The molecule has 0 radical (unpaired) electrons. The van der Waals surface area contributed by atoms with Gasteiger partial charge in [-0.1, -0.05) is 13.8 Å². The quantitative estimate of drug-likeness (QED) is 0.254. The van der Waals surface area contributed by atoms with E-state index in [0.29, 0.717) is 34.9 Å². The number of nitrogens with one attached hydrogen (secondary N) is 3. The Kier molecular flexibility index (Phi) is 5.72. The van der Waals surface area contributed by atoms with Crippen molar-refractivity contribution in [1.82, 2.24) is 35.1 Å². The van der Waals surface area contributed by atoms with E-state index in [4.69, 9.17) is 4.98 Å². The molecule has 0 aliphatic rings. The summed E-state index contributed by atoms with van der Waals surface area (Å²) in [5, 5.41) is 11.3. The van der Waals surface area contributed by atoms with Gasteiger partial charge >= 0.3 is 0 Å². The number of pyridine rings is 3. The van der Waals surface area contributed by atoms with E-state index in [2.05, 4.69) is 54.5 Å². The molecule has 3 N–H and O–H groups in total. The molecule has 6 rings (SSSR count). The first-order chi connectivity index (χ1) is 17.9. The monoisotopic (exact) mass is 508 g/mol. The van der Waals surface area contributed by atoms with Gasteiger partial charge in [0.1, 0.15) is 11.2 Å². The van der Waals surface area contributed by atoms with Gasteiger partial charge in [-0.2, -0.15) is 5.10 Å². The van der Waals surface area contributed by atoms with E-state index in [1.54, 1.807) is 36.1 Å². The van der Waals surface area contributed by atoms with Crippen molar-refractivity contribution < 1.29 is 4.79 Å². The summed E-state index contributed by atoms with van der Waals surface area (Å²) in [6, 6.07) is 10.1. The molecule has 0 fully saturated rings. The van der Waals surface area contributed by atoms with Crippen LogP contribution in [0.3, 0.4) is 0 Å². The molecule has 9 nitrogen and oxygen atoms in total. The molecule has 0 saturated carbocycles. The van der Waals surface area contributed by atoms with E-state index >= 15 is 0 Å². The zero-order valence-corrected chi connectivity index (χ0v) is 21.3. The van der Waals surface area contributed by atoms with Crippen LogP contribution in [0, 0.1) is 12.8 Å². The SMILES string of the molecule is Cc1ccc(-c2ccnc3[nH]c(-c4n[nH]c5ncc(-c6cncc(NC(=O)CC(C)C)c6)cc45)nc23)s1. The Bertz CT molecular complexity index is 1760. The summed E-state index contributed by atoms with van der Waals surface area (Å²) in [6.07, 6.45) is 7.40. The van der Waals surface area contributed by atoms with Crippen LogP contribution in [0.25, 0.3) is 55.3 Å². The Balaban J connectivity index is 1.38. The highest BCUT2D eigenvalue weighted by molar-refractivity contribution is 7.15. The summed E-state index contributed by atoms with van der Waals surface area (Å²) in [6.45, 7) is 6.12. The molecule has 0 bridgehead atoms. The van der Waals surface area contributed by atoms with Crippen molar-refractivity contribution in [3.63, 3.8) is 0 Å². The number of amides is 1.